The van der Waals surface area contributed by atoms with Crippen LogP contribution in [0.15, 0.2) is 60.3 Å². The van der Waals surface area contributed by atoms with Gasteiger partial charge in [-0.1, -0.05) is 30.3 Å². The van der Waals surface area contributed by atoms with Crippen molar-refractivity contribution in [2.45, 2.75) is 6.54 Å². The van der Waals surface area contributed by atoms with Crippen LogP contribution in [0.5, 0.6) is 0 Å². The molecule has 0 aromatic heterocycles. The van der Waals surface area contributed by atoms with Gasteiger partial charge in [0.1, 0.15) is 23.4 Å². The highest BCUT2D eigenvalue weighted by atomic mass is 16.6. The van der Waals surface area contributed by atoms with Crippen molar-refractivity contribution >= 4 is 17.1 Å². The predicted octanol–water partition coefficient (Wildman–Crippen LogP) is 3.26. The summed E-state index contributed by atoms with van der Waals surface area (Å²) in [4.78, 5) is 15.4. The summed E-state index contributed by atoms with van der Waals surface area (Å²) in [7, 11) is 0. The van der Waals surface area contributed by atoms with Crippen LogP contribution < -0.4 is 10.2 Å². The number of piperazine rings is 1. The number of nitrogens with one attached hydrogen (secondary N) is 1. The summed E-state index contributed by atoms with van der Waals surface area (Å²) in [6, 6.07) is 18.6. The molecule has 3 rings (SSSR count). The van der Waals surface area contributed by atoms with E-state index in [2.05, 4.69) is 27.2 Å². The van der Waals surface area contributed by atoms with Crippen molar-refractivity contribution in [2.24, 2.45) is 0 Å². The number of nitro benzene ring substituents is 1. The smallest absolute Gasteiger partial charge is 0.292 e. The van der Waals surface area contributed by atoms with Gasteiger partial charge in [-0.15, -0.1) is 0 Å². The van der Waals surface area contributed by atoms with Crippen molar-refractivity contribution in [1.29, 1.82) is 10.5 Å². The second-order valence-electron chi connectivity index (χ2n) is 6.63. The van der Waals surface area contributed by atoms with E-state index < -0.39 is 4.92 Å². The topological polar surface area (TPSA) is 109 Å². The lowest BCUT2D eigenvalue weighted by Gasteiger charge is -2.36. The second kappa shape index (κ2) is 9.36. The molecule has 8 nitrogen and oxygen atoms in total. The number of nitro groups is 1. The second-order valence-corrected chi connectivity index (χ2v) is 6.63. The Morgan fingerprint density at radius 2 is 1.79 bits per heavy atom. The summed E-state index contributed by atoms with van der Waals surface area (Å²) in [5, 5.41) is 31.7. The Hall–Kier alpha value is -3.88. The molecule has 0 amide bonds. The molecule has 0 aliphatic carbocycles. The zero-order chi connectivity index (χ0) is 20.6. The molecule has 1 saturated heterocycles. The highest BCUT2D eigenvalue weighted by Crippen LogP contribution is 2.30. The summed E-state index contributed by atoms with van der Waals surface area (Å²) in [5.41, 5.74) is 2.13. The summed E-state index contributed by atoms with van der Waals surface area (Å²) >= 11 is 0. The van der Waals surface area contributed by atoms with Crippen LogP contribution in [0, 0.1) is 32.8 Å². The number of nitrogens with zero attached hydrogens (tertiary/aromatic N) is 5. The molecular formula is C21H20N6O2. The number of hydrogen-bond acceptors (Lipinski definition) is 7. The summed E-state index contributed by atoms with van der Waals surface area (Å²) in [6.45, 7) is 4.30. The molecule has 146 valence electrons. The van der Waals surface area contributed by atoms with Gasteiger partial charge in [-0.2, -0.15) is 10.5 Å². The average Bonchev–Trinajstić information content (AvgIpc) is 2.75. The Labute approximate surface area is 169 Å². The minimum atomic E-state index is -0.490. The Morgan fingerprint density at radius 3 is 2.41 bits per heavy atom. The van der Waals surface area contributed by atoms with Crippen LogP contribution in [0.1, 0.15) is 5.56 Å². The summed E-state index contributed by atoms with van der Waals surface area (Å²) in [6.07, 6.45) is 1.18. The van der Waals surface area contributed by atoms with Gasteiger partial charge in [-0.05, 0) is 17.7 Å². The molecule has 0 radical (unpaired) electrons. The number of benzene rings is 2. The monoisotopic (exact) mass is 388 g/mol. The zero-order valence-corrected chi connectivity index (χ0v) is 15.8. The highest BCUT2D eigenvalue weighted by Gasteiger charge is 2.20. The molecule has 1 fully saturated rings. The van der Waals surface area contributed by atoms with Crippen LogP contribution in [0.25, 0.3) is 0 Å². The lowest BCUT2D eigenvalue weighted by molar-refractivity contribution is -0.383. The van der Waals surface area contributed by atoms with Crippen molar-refractivity contribution in [3.63, 3.8) is 0 Å². The van der Waals surface area contributed by atoms with Gasteiger partial charge in [-0.3, -0.25) is 15.0 Å². The normalized spacial score (nSPS) is 13.8. The molecule has 0 saturated carbocycles. The molecular weight excluding hydrogens is 368 g/mol. The fraction of sp³-hybridized carbons (Fsp3) is 0.238. The number of nitriles is 2. The van der Waals surface area contributed by atoms with Crippen LogP contribution in [-0.2, 0) is 6.54 Å². The molecule has 1 aliphatic heterocycles. The number of anilines is 2. The van der Waals surface area contributed by atoms with Gasteiger partial charge in [0.2, 0.25) is 0 Å². The quantitative estimate of drug-likeness (QED) is 0.459. The van der Waals surface area contributed by atoms with E-state index in [9.17, 15) is 10.1 Å². The SMILES string of the molecule is N#CC(C#N)=CNc1cc(N2CCN(Cc3ccccc3)CC2)ccc1[N+](=O)[O-]. The first-order valence-corrected chi connectivity index (χ1v) is 9.17. The molecule has 2 aromatic rings. The lowest BCUT2D eigenvalue weighted by atomic mass is 10.1. The Bertz CT molecular complexity index is 966. The first-order valence-electron chi connectivity index (χ1n) is 9.17. The van der Waals surface area contributed by atoms with E-state index in [0.717, 1.165) is 38.4 Å². The molecule has 1 N–H and O–H groups in total. The van der Waals surface area contributed by atoms with Crippen LogP contribution in [-0.4, -0.2) is 36.0 Å². The first-order chi connectivity index (χ1) is 14.1. The zero-order valence-electron chi connectivity index (χ0n) is 15.8. The van der Waals surface area contributed by atoms with E-state index >= 15 is 0 Å². The maximum Gasteiger partial charge on any atom is 0.292 e. The molecule has 0 atom stereocenters. The van der Waals surface area contributed by atoms with E-state index in [-0.39, 0.29) is 16.9 Å². The van der Waals surface area contributed by atoms with Crippen molar-refractivity contribution in [3.8, 4) is 12.1 Å². The molecule has 0 bridgehead atoms. The van der Waals surface area contributed by atoms with Crippen molar-refractivity contribution < 1.29 is 4.92 Å². The van der Waals surface area contributed by atoms with Gasteiger partial charge < -0.3 is 10.2 Å². The largest absolute Gasteiger partial charge is 0.369 e. The molecule has 29 heavy (non-hydrogen) atoms. The summed E-state index contributed by atoms with van der Waals surface area (Å²) < 4.78 is 0. The molecule has 8 heteroatoms. The van der Waals surface area contributed by atoms with Gasteiger partial charge in [0.25, 0.3) is 5.69 Å². The van der Waals surface area contributed by atoms with E-state index in [1.165, 1.54) is 17.8 Å². The molecule has 0 unspecified atom stereocenters. The Morgan fingerprint density at radius 1 is 1.10 bits per heavy atom. The van der Waals surface area contributed by atoms with Crippen LogP contribution in [0.3, 0.4) is 0 Å². The van der Waals surface area contributed by atoms with E-state index in [1.807, 2.05) is 18.2 Å². The first kappa shape index (κ1) is 19.9. The van der Waals surface area contributed by atoms with E-state index in [1.54, 1.807) is 24.3 Å². The van der Waals surface area contributed by atoms with Crippen molar-refractivity contribution in [3.05, 3.63) is 76.0 Å². The van der Waals surface area contributed by atoms with Gasteiger partial charge in [0, 0.05) is 50.7 Å². The van der Waals surface area contributed by atoms with Crippen LogP contribution in [0.2, 0.25) is 0 Å². The third-order valence-corrected chi connectivity index (χ3v) is 4.78. The van der Waals surface area contributed by atoms with Crippen LogP contribution >= 0.6 is 0 Å². The van der Waals surface area contributed by atoms with Gasteiger partial charge in [-0.25, -0.2) is 0 Å². The predicted molar refractivity (Wildman–Crippen MR) is 110 cm³/mol. The fourth-order valence-electron chi connectivity index (χ4n) is 3.24. The van der Waals surface area contributed by atoms with E-state index in [4.69, 9.17) is 10.5 Å². The van der Waals surface area contributed by atoms with Gasteiger partial charge in [0.15, 0.2) is 0 Å². The third-order valence-electron chi connectivity index (χ3n) is 4.78. The lowest BCUT2D eigenvalue weighted by Crippen LogP contribution is -2.45. The molecule has 2 aromatic carbocycles. The van der Waals surface area contributed by atoms with Crippen LogP contribution in [0.4, 0.5) is 17.1 Å². The minimum absolute atomic E-state index is 0.108. The minimum Gasteiger partial charge on any atom is -0.369 e. The standard InChI is InChI=1S/C21H20N6O2/c22-13-18(14-23)15-24-20-12-19(6-7-21(20)27(28)29)26-10-8-25(9-11-26)16-17-4-2-1-3-5-17/h1-7,12,15,24H,8-11,16H2. The van der Waals surface area contributed by atoms with Gasteiger partial charge >= 0.3 is 0 Å². The van der Waals surface area contributed by atoms with Gasteiger partial charge in [0.05, 0.1) is 4.92 Å². The summed E-state index contributed by atoms with van der Waals surface area (Å²) in [5.74, 6) is 0. The molecule has 0 spiro atoms. The Balaban J connectivity index is 1.70. The van der Waals surface area contributed by atoms with Crippen molar-refractivity contribution in [1.82, 2.24) is 4.90 Å². The average molecular weight is 388 g/mol. The fourth-order valence-corrected chi connectivity index (χ4v) is 3.24. The molecule has 1 heterocycles. The maximum absolute atomic E-state index is 11.3. The van der Waals surface area contributed by atoms with Crippen molar-refractivity contribution in [2.75, 3.05) is 36.4 Å². The Kier molecular flexibility index (Phi) is 6.41. The van der Waals surface area contributed by atoms with E-state index in [0.29, 0.717) is 0 Å². The molecule has 1 aliphatic rings. The number of hydrogen-bond donors (Lipinski definition) is 1. The number of allylic oxidation sites excluding steroid dienone is 1. The number of rotatable bonds is 6. The maximum atomic E-state index is 11.3. The third kappa shape index (κ3) is 5.10. The highest BCUT2D eigenvalue weighted by molar-refractivity contribution is 5.70.